The van der Waals surface area contributed by atoms with Crippen LogP contribution in [0.25, 0.3) is 0 Å². The number of benzene rings is 1. The summed E-state index contributed by atoms with van der Waals surface area (Å²) in [5.74, 6) is 0. The molecule has 96 valence electrons. The van der Waals surface area contributed by atoms with Crippen molar-refractivity contribution in [3.8, 4) is 0 Å². The lowest BCUT2D eigenvalue weighted by Crippen LogP contribution is -2.06. The second kappa shape index (κ2) is 4.94. The van der Waals surface area contributed by atoms with Gasteiger partial charge in [0.25, 0.3) is 0 Å². The maximum atomic E-state index is 12.6. The van der Waals surface area contributed by atoms with Gasteiger partial charge in [0.1, 0.15) is 0 Å². The molecule has 0 amide bonds. The smallest absolute Gasteiger partial charge is 0.416 e. The normalized spacial score (nSPS) is 11.6. The Labute approximate surface area is 106 Å². The van der Waals surface area contributed by atoms with Gasteiger partial charge in [0.15, 0.2) is 0 Å². The summed E-state index contributed by atoms with van der Waals surface area (Å²) < 4.78 is 42.5. The lowest BCUT2D eigenvalue weighted by atomic mass is 10.2. The lowest BCUT2D eigenvalue weighted by molar-refractivity contribution is -0.137. The van der Waals surface area contributed by atoms with E-state index in [1.807, 2.05) is 0 Å². The van der Waals surface area contributed by atoms with Gasteiger partial charge in [0.2, 0.25) is 0 Å². The number of rotatable bonds is 3. The predicted molar refractivity (Wildman–Crippen MR) is 62.5 cm³/mol. The van der Waals surface area contributed by atoms with Gasteiger partial charge in [0, 0.05) is 22.8 Å². The molecule has 0 fully saturated rings. The predicted octanol–water partition coefficient (Wildman–Crippen LogP) is 4.56. The standard InChI is InChI=1S/C12H9ClF3NO/c13-10-3-9(12(14,15)16)4-11(5-10)17-6-8-1-2-18-7-8/h1-5,7,17H,6H2. The van der Waals surface area contributed by atoms with E-state index < -0.39 is 11.7 Å². The second-order valence-electron chi connectivity index (χ2n) is 3.71. The summed E-state index contributed by atoms with van der Waals surface area (Å²) >= 11 is 5.66. The molecule has 18 heavy (non-hydrogen) atoms. The maximum Gasteiger partial charge on any atom is 0.416 e. The average Bonchev–Trinajstić information content (AvgIpc) is 2.77. The van der Waals surface area contributed by atoms with Crippen LogP contribution in [0.5, 0.6) is 0 Å². The van der Waals surface area contributed by atoms with E-state index in [2.05, 4.69) is 5.32 Å². The molecule has 0 bridgehead atoms. The van der Waals surface area contributed by atoms with E-state index in [-0.39, 0.29) is 5.02 Å². The number of anilines is 1. The Balaban J connectivity index is 2.15. The third-order valence-electron chi connectivity index (χ3n) is 2.30. The molecule has 0 unspecified atom stereocenters. The van der Waals surface area contributed by atoms with E-state index in [9.17, 15) is 13.2 Å². The van der Waals surface area contributed by atoms with E-state index in [0.29, 0.717) is 12.2 Å². The molecular formula is C12H9ClF3NO. The van der Waals surface area contributed by atoms with E-state index in [0.717, 1.165) is 17.7 Å². The van der Waals surface area contributed by atoms with Crippen molar-refractivity contribution in [2.45, 2.75) is 12.7 Å². The molecule has 2 aromatic rings. The van der Waals surface area contributed by atoms with Crippen LogP contribution in [-0.4, -0.2) is 0 Å². The Morgan fingerprint density at radius 3 is 2.61 bits per heavy atom. The first kappa shape index (κ1) is 12.8. The van der Waals surface area contributed by atoms with Gasteiger partial charge in [-0.2, -0.15) is 13.2 Å². The molecule has 1 aromatic heterocycles. The summed E-state index contributed by atoms with van der Waals surface area (Å²) in [5.41, 5.74) is 0.379. The zero-order valence-electron chi connectivity index (χ0n) is 9.09. The van der Waals surface area contributed by atoms with Crippen molar-refractivity contribution in [1.29, 1.82) is 0 Å². The first-order valence-corrected chi connectivity index (χ1v) is 5.46. The molecule has 2 rings (SSSR count). The number of nitrogens with one attached hydrogen (secondary N) is 1. The zero-order valence-corrected chi connectivity index (χ0v) is 9.85. The summed E-state index contributed by atoms with van der Waals surface area (Å²) in [7, 11) is 0. The van der Waals surface area contributed by atoms with Crippen LogP contribution in [0.3, 0.4) is 0 Å². The Bertz CT molecular complexity index is 523. The highest BCUT2D eigenvalue weighted by molar-refractivity contribution is 6.30. The minimum atomic E-state index is -4.41. The highest BCUT2D eigenvalue weighted by Crippen LogP contribution is 2.33. The molecule has 1 heterocycles. The molecule has 1 N–H and O–H groups in total. The fraction of sp³-hybridized carbons (Fsp3) is 0.167. The van der Waals surface area contributed by atoms with E-state index in [1.54, 1.807) is 6.07 Å². The highest BCUT2D eigenvalue weighted by atomic mass is 35.5. The molecule has 0 spiro atoms. The van der Waals surface area contributed by atoms with Crippen LogP contribution in [0.15, 0.2) is 41.2 Å². The Hall–Kier alpha value is -1.62. The van der Waals surface area contributed by atoms with Gasteiger partial charge in [-0.05, 0) is 24.3 Å². The SMILES string of the molecule is FC(F)(F)c1cc(Cl)cc(NCc2ccoc2)c1. The Morgan fingerprint density at radius 1 is 1.22 bits per heavy atom. The fourth-order valence-corrected chi connectivity index (χ4v) is 1.69. The molecule has 0 saturated carbocycles. The number of alkyl halides is 3. The van der Waals surface area contributed by atoms with E-state index >= 15 is 0 Å². The molecular weight excluding hydrogens is 267 g/mol. The summed E-state index contributed by atoms with van der Waals surface area (Å²) in [6, 6.07) is 5.08. The minimum Gasteiger partial charge on any atom is -0.472 e. The van der Waals surface area contributed by atoms with Gasteiger partial charge < -0.3 is 9.73 Å². The van der Waals surface area contributed by atoms with Gasteiger partial charge in [-0.1, -0.05) is 11.6 Å². The van der Waals surface area contributed by atoms with Gasteiger partial charge in [-0.25, -0.2) is 0 Å². The monoisotopic (exact) mass is 275 g/mol. The minimum absolute atomic E-state index is 0.0412. The second-order valence-corrected chi connectivity index (χ2v) is 4.15. The summed E-state index contributed by atoms with van der Waals surface area (Å²) in [4.78, 5) is 0. The Morgan fingerprint density at radius 2 is 2.00 bits per heavy atom. The number of hydrogen-bond acceptors (Lipinski definition) is 2. The zero-order chi connectivity index (χ0) is 13.2. The largest absolute Gasteiger partial charge is 0.472 e. The summed E-state index contributed by atoms with van der Waals surface area (Å²) in [5, 5.41) is 2.90. The first-order valence-electron chi connectivity index (χ1n) is 5.08. The lowest BCUT2D eigenvalue weighted by Gasteiger charge is -2.11. The Kier molecular flexibility index (Phi) is 3.52. The van der Waals surface area contributed by atoms with Crippen LogP contribution in [0.2, 0.25) is 5.02 Å². The van der Waals surface area contributed by atoms with Crippen LogP contribution < -0.4 is 5.32 Å². The van der Waals surface area contributed by atoms with Crippen molar-refractivity contribution in [3.63, 3.8) is 0 Å². The van der Waals surface area contributed by atoms with Crippen molar-refractivity contribution < 1.29 is 17.6 Å². The topological polar surface area (TPSA) is 25.2 Å². The van der Waals surface area contributed by atoms with Gasteiger partial charge in [-0.15, -0.1) is 0 Å². The van der Waals surface area contributed by atoms with Crippen LogP contribution in [0, 0.1) is 0 Å². The van der Waals surface area contributed by atoms with Gasteiger partial charge in [0.05, 0.1) is 18.1 Å². The highest BCUT2D eigenvalue weighted by Gasteiger charge is 2.31. The molecule has 0 aliphatic carbocycles. The van der Waals surface area contributed by atoms with Crippen molar-refractivity contribution in [2.24, 2.45) is 0 Å². The molecule has 0 atom stereocenters. The van der Waals surface area contributed by atoms with Crippen molar-refractivity contribution in [1.82, 2.24) is 0 Å². The number of furan rings is 1. The molecule has 1 aromatic carbocycles. The van der Waals surface area contributed by atoms with E-state index in [1.165, 1.54) is 18.6 Å². The fourth-order valence-electron chi connectivity index (χ4n) is 1.45. The van der Waals surface area contributed by atoms with Crippen LogP contribution >= 0.6 is 11.6 Å². The molecule has 6 heteroatoms. The molecule has 0 aliphatic rings. The number of hydrogen-bond donors (Lipinski definition) is 1. The third-order valence-corrected chi connectivity index (χ3v) is 2.52. The average molecular weight is 276 g/mol. The summed E-state index contributed by atoms with van der Waals surface area (Å²) in [6.07, 6.45) is -1.39. The first-order chi connectivity index (χ1) is 8.45. The van der Waals surface area contributed by atoms with Crippen molar-refractivity contribution >= 4 is 17.3 Å². The maximum absolute atomic E-state index is 12.6. The van der Waals surface area contributed by atoms with Crippen LogP contribution in [-0.2, 0) is 12.7 Å². The molecule has 0 saturated heterocycles. The molecule has 0 radical (unpaired) electrons. The third kappa shape index (κ3) is 3.20. The van der Waals surface area contributed by atoms with Crippen LogP contribution in [0.4, 0.5) is 18.9 Å². The van der Waals surface area contributed by atoms with Gasteiger partial charge in [-0.3, -0.25) is 0 Å². The van der Waals surface area contributed by atoms with Crippen molar-refractivity contribution in [2.75, 3.05) is 5.32 Å². The number of halogens is 4. The molecule has 2 nitrogen and oxygen atoms in total. The van der Waals surface area contributed by atoms with Crippen LogP contribution in [0.1, 0.15) is 11.1 Å². The quantitative estimate of drug-likeness (QED) is 0.888. The molecule has 0 aliphatic heterocycles. The van der Waals surface area contributed by atoms with E-state index in [4.69, 9.17) is 16.0 Å². The van der Waals surface area contributed by atoms with Crippen molar-refractivity contribution in [3.05, 3.63) is 52.9 Å². The van der Waals surface area contributed by atoms with Gasteiger partial charge >= 0.3 is 6.18 Å². The summed E-state index contributed by atoms with van der Waals surface area (Å²) in [6.45, 7) is 0.369.